The monoisotopic (exact) mass is 214 g/mol. The molecule has 0 saturated heterocycles. The van der Waals surface area contributed by atoms with Crippen molar-refractivity contribution in [1.29, 1.82) is 0 Å². The van der Waals surface area contributed by atoms with E-state index in [-0.39, 0.29) is 0 Å². The third-order valence-electron chi connectivity index (χ3n) is 3.60. The first-order valence-electron chi connectivity index (χ1n) is 6.15. The van der Waals surface area contributed by atoms with Crippen LogP contribution in [-0.4, -0.2) is 10.2 Å². The van der Waals surface area contributed by atoms with Crippen molar-refractivity contribution >= 4 is 10.9 Å². The second kappa shape index (κ2) is 3.34. The van der Waals surface area contributed by atoms with Gasteiger partial charge in [-0.05, 0) is 54.4 Å². The first-order chi connectivity index (χ1) is 7.68. The maximum absolute atomic E-state index is 4.18. The van der Waals surface area contributed by atoms with Gasteiger partial charge in [-0.1, -0.05) is 13.8 Å². The van der Waals surface area contributed by atoms with Gasteiger partial charge in [-0.25, -0.2) is 0 Å². The molecule has 2 aromatic rings. The van der Waals surface area contributed by atoms with Crippen molar-refractivity contribution in [3.05, 3.63) is 29.0 Å². The number of aryl methyl sites for hydroxylation is 1. The third-order valence-corrected chi connectivity index (χ3v) is 3.60. The molecule has 1 fully saturated rings. The van der Waals surface area contributed by atoms with E-state index in [1.165, 1.54) is 34.9 Å². The molecule has 1 aromatic heterocycles. The highest BCUT2D eigenvalue weighted by atomic mass is 15.1. The van der Waals surface area contributed by atoms with E-state index < -0.39 is 0 Å². The molecule has 0 aliphatic heterocycles. The zero-order valence-corrected chi connectivity index (χ0v) is 10.2. The molecule has 1 aromatic carbocycles. The van der Waals surface area contributed by atoms with Crippen molar-refractivity contribution in [1.82, 2.24) is 10.2 Å². The van der Waals surface area contributed by atoms with Gasteiger partial charge in [0.25, 0.3) is 0 Å². The minimum absolute atomic E-state index is 0.579. The molecule has 1 saturated carbocycles. The van der Waals surface area contributed by atoms with Crippen LogP contribution in [0.4, 0.5) is 0 Å². The quantitative estimate of drug-likeness (QED) is 0.807. The van der Waals surface area contributed by atoms with Crippen LogP contribution in [0.25, 0.3) is 10.9 Å². The molecule has 0 spiro atoms. The van der Waals surface area contributed by atoms with Crippen LogP contribution in [0.15, 0.2) is 12.3 Å². The molecular weight excluding hydrogens is 196 g/mol. The highest BCUT2D eigenvalue weighted by Gasteiger charge is 2.29. The average Bonchev–Trinajstić information content (AvgIpc) is 2.95. The fourth-order valence-corrected chi connectivity index (χ4v) is 2.81. The van der Waals surface area contributed by atoms with Gasteiger partial charge in [0, 0.05) is 5.39 Å². The molecule has 2 nitrogen and oxygen atoms in total. The van der Waals surface area contributed by atoms with Crippen LogP contribution in [0.5, 0.6) is 0 Å². The molecule has 1 aliphatic carbocycles. The number of aromatic nitrogens is 2. The van der Waals surface area contributed by atoms with Crippen LogP contribution in [0.1, 0.15) is 55.2 Å². The SMILES string of the molecule is Cc1cc2[nH]ncc2c(C(C)C)c1C1CC1. The van der Waals surface area contributed by atoms with Crippen molar-refractivity contribution in [2.75, 3.05) is 0 Å². The summed E-state index contributed by atoms with van der Waals surface area (Å²) in [5.74, 6) is 1.40. The second-order valence-electron chi connectivity index (χ2n) is 5.28. The summed E-state index contributed by atoms with van der Waals surface area (Å²) in [4.78, 5) is 0. The number of rotatable bonds is 2. The number of H-pyrrole nitrogens is 1. The molecule has 0 radical (unpaired) electrons. The number of fused-ring (bicyclic) bond motifs is 1. The highest BCUT2D eigenvalue weighted by Crippen LogP contribution is 2.46. The number of hydrogen-bond acceptors (Lipinski definition) is 1. The van der Waals surface area contributed by atoms with E-state index in [9.17, 15) is 0 Å². The van der Waals surface area contributed by atoms with E-state index in [1.807, 2.05) is 6.20 Å². The predicted octanol–water partition coefficient (Wildman–Crippen LogP) is 3.87. The Kier molecular flexibility index (Phi) is 2.06. The van der Waals surface area contributed by atoms with Gasteiger partial charge < -0.3 is 0 Å². The van der Waals surface area contributed by atoms with E-state index in [0.717, 1.165) is 5.92 Å². The van der Waals surface area contributed by atoms with Gasteiger partial charge in [0.05, 0.1) is 11.7 Å². The van der Waals surface area contributed by atoms with Gasteiger partial charge in [0.15, 0.2) is 0 Å². The summed E-state index contributed by atoms with van der Waals surface area (Å²) in [7, 11) is 0. The van der Waals surface area contributed by atoms with Crippen LogP contribution in [0.2, 0.25) is 0 Å². The molecule has 1 aliphatic rings. The highest BCUT2D eigenvalue weighted by molar-refractivity contribution is 5.85. The second-order valence-corrected chi connectivity index (χ2v) is 5.28. The van der Waals surface area contributed by atoms with Gasteiger partial charge in [-0.3, -0.25) is 5.10 Å². The molecule has 0 unspecified atom stereocenters. The summed E-state index contributed by atoms with van der Waals surface area (Å²) in [6.07, 6.45) is 4.71. The molecule has 1 N–H and O–H groups in total. The zero-order valence-electron chi connectivity index (χ0n) is 10.2. The number of nitrogens with one attached hydrogen (secondary N) is 1. The standard InChI is InChI=1S/C14H18N2/c1-8(2)13-11-7-15-16-12(11)6-9(3)14(13)10-4-5-10/h6-8,10H,4-5H2,1-3H3,(H,15,16). The normalized spacial score (nSPS) is 16.2. The van der Waals surface area contributed by atoms with E-state index >= 15 is 0 Å². The Hall–Kier alpha value is -1.31. The lowest BCUT2D eigenvalue weighted by Gasteiger charge is -2.16. The molecule has 1 heterocycles. The first kappa shape index (κ1) is 9.88. The largest absolute Gasteiger partial charge is 0.278 e. The van der Waals surface area contributed by atoms with Gasteiger partial charge in [-0.2, -0.15) is 5.10 Å². The lowest BCUT2D eigenvalue weighted by atomic mass is 9.88. The van der Waals surface area contributed by atoms with Crippen LogP contribution >= 0.6 is 0 Å². The molecule has 16 heavy (non-hydrogen) atoms. The van der Waals surface area contributed by atoms with Crippen molar-refractivity contribution in [2.24, 2.45) is 0 Å². The molecule has 3 rings (SSSR count). The van der Waals surface area contributed by atoms with Crippen LogP contribution in [0.3, 0.4) is 0 Å². The summed E-state index contributed by atoms with van der Waals surface area (Å²) < 4.78 is 0. The third kappa shape index (κ3) is 1.36. The van der Waals surface area contributed by atoms with Crippen molar-refractivity contribution in [2.45, 2.75) is 45.4 Å². The van der Waals surface area contributed by atoms with Crippen molar-refractivity contribution in [3.63, 3.8) is 0 Å². The molecule has 84 valence electrons. The maximum atomic E-state index is 4.18. The van der Waals surface area contributed by atoms with E-state index in [4.69, 9.17) is 0 Å². The minimum atomic E-state index is 0.579. The summed E-state index contributed by atoms with van der Waals surface area (Å²) in [6.45, 7) is 6.81. The zero-order chi connectivity index (χ0) is 11.3. The number of benzene rings is 1. The van der Waals surface area contributed by atoms with Gasteiger partial charge in [0.2, 0.25) is 0 Å². The minimum Gasteiger partial charge on any atom is -0.278 e. The van der Waals surface area contributed by atoms with E-state index in [2.05, 4.69) is 37.0 Å². The van der Waals surface area contributed by atoms with Gasteiger partial charge in [-0.15, -0.1) is 0 Å². The summed E-state index contributed by atoms with van der Waals surface area (Å²) >= 11 is 0. The molecule has 2 heteroatoms. The average molecular weight is 214 g/mol. The summed E-state index contributed by atoms with van der Waals surface area (Å²) in [6, 6.07) is 2.25. The topological polar surface area (TPSA) is 28.7 Å². The van der Waals surface area contributed by atoms with Gasteiger partial charge in [0.1, 0.15) is 0 Å². The Labute approximate surface area is 96.1 Å². The molecular formula is C14H18N2. The fraction of sp³-hybridized carbons (Fsp3) is 0.500. The lowest BCUT2D eigenvalue weighted by Crippen LogP contribution is -1.99. The predicted molar refractivity (Wildman–Crippen MR) is 66.9 cm³/mol. The Morgan fingerprint density at radius 1 is 1.38 bits per heavy atom. The first-order valence-corrected chi connectivity index (χ1v) is 6.15. The maximum Gasteiger partial charge on any atom is 0.0656 e. The smallest absolute Gasteiger partial charge is 0.0656 e. The van der Waals surface area contributed by atoms with Crippen molar-refractivity contribution < 1.29 is 0 Å². The van der Waals surface area contributed by atoms with E-state index in [1.54, 1.807) is 5.56 Å². The Bertz CT molecular complexity index is 533. The molecule has 0 amide bonds. The number of hydrogen-bond donors (Lipinski definition) is 1. The Morgan fingerprint density at radius 3 is 2.75 bits per heavy atom. The molecule has 0 atom stereocenters. The summed E-state index contributed by atoms with van der Waals surface area (Å²) in [5.41, 5.74) is 5.74. The van der Waals surface area contributed by atoms with E-state index in [0.29, 0.717) is 5.92 Å². The fourth-order valence-electron chi connectivity index (χ4n) is 2.81. The Morgan fingerprint density at radius 2 is 2.12 bits per heavy atom. The Balaban J connectivity index is 2.35. The van der Waals surface area contributed by atoms with Gasteiger partial charge >= 0.3 is 0 Å². The van der Waals surface area contributed by atoms with Crippen LogP contribution in [-0.2, 0) is 0 Å². The number of nitrogens with zero attached hydrogens (tertiary/aromatic N) is 1. The van der Waals surface area contributed by atoms with Crippen molar-refractivity contribution in [3.8, 4) is 0 Å². The molecule has 0 bridgehead atoms. The number of aromatic amines is 1. The van der Waals surface area contributed by atoms with Crippen LogP contribution in [0, 0.1) is 6.92 Å². The van der Waals surface area contributed by atoms with Crippen LogP contribution < -0.4 is 0 Å². The summed E-state index contributed by atoms with van der Waals surface area (Å²) in [5, 5.41) is 8.60. The lowest BCUT2D eigenvalue weighted by molar-refractivity contribution is 0.848.